The Kier molecular flexibility index (Phi) is 25.7. The summed E-state index contributed by atoms with van der Waals surface area (Å²) in [5, 5.41) is 0. The summed E-state index contributed by atoms with van der Waals surface area (Å²) >= 11 is 0. The van der Waals surface area contributed by atoms with E-state index >= 15 is 0 Å². The SMILES string of the molecule is CC(C)(C)c1cc(-c2c3nc(c(-c4cc(C(C)(C)C)cc(C(C)(C)C)c4)c4ccc([n-]4)c(-c4c5nc(c(-c6cc(C(C)(C)C)cc(C(C)(C)C)c6)c6ccc([n-]6)c(-c6cc(C(C)(C)C)cc(C(C)(C)C)c6)c6nc(c(-c7cc(C(C)(C)C)cc(C(C)(C)C)c7)c7ccc4[n-]7)C=C6)C=C5)c4nc(c(-c5cc(C(C)(C)C)cc(C(C)(C)C)c5)c5ccc2[n-]5)C=C4)C=C3)cc(C(C)(C)C)c1.[Zn+2].[Zn+2]. The zero-order valence-corrected chi connectivity index (χ0v) is 93.6. The Labute approximate surface area is 827 Å². The number of nitrogens with zero attached hydrogens (tertiary/aromatic N) is 8. The van der Waals surface area contributed by atoms with Gasteiger partial charge in [0.2, 0.25) is 0 Å². The third-order valence-corrected chi connectivity index (χ3v) is 27.2. The van der Waals surface area contributed by atoms with Gasteiger partial charge in [-0.3, -0.25) is 0 Å². The fourth-order valence-corrected chi connectivity index (χ4v) is 18.3. The zero-order chi connectivity index (χ0) is 95.9. The fraction of sp³-hybridized carbons (Fsp3) is 0.387. The van der Waals surface area contributed by atoms with Gasteiger partial charge >= 0.3 is 39.0 Å². The maximum atomic E-state index is 6.21. The first kappa shape index (κ1) is 99.7. The Morgan fingerprint density at radius 3 is 0.343 bits per heavy atom. The topological polar surface area (TPSA) is 108 Å². The van der Waals surface area contributed by atoms with Gasteiger partial charge in [0.05, 0.1) is 45.6 Å². The van der Waals surface area contributed by atoms with Crippen LogP contribution in [0.4, 0.5) is 0 Å². The van der Waals surface area contributed by atoms with Crippen LogP contribution in [0.2, 0.25) is 0 Å². The van der Waals surface area contributed by atoms with Gasteiger partial charge in [0.25, 0.3) is 0 Å². The van der Waals surface area contributed by atoms with Gasteiger partial charge < -0.3 is 19.9 Å². The molecule has 0 saturated carbocycles. The van der Waals surface area contributed by atoms with Crippen molar-refractivity contribution < 1.29 is 39.0 Å². The second-order valence-electron chi connectivity index (χ2n) is 50.5. The van der Waals surface area contributed by atoms with E-state index in [9.17, 15) is 0 Å². The average molecular weight is 1880 g/mol. The minimum absolute atomic E-state index is 0. The number of hydrogen-bond acceptors (Lipinski definition) is 4. The molecule has 0 unspecified atom stereocenters. The molecule has 4 aliphatic heterocycles. The van der Waals surface area contributed by atoms with Crippen molar-refractivity contribution in [3.05, 3.63) is 270 Å². The number of hydrogen-bond donors (Lipinski definition) is 0. The van der Waals surface area contributed by atoms with Gasteiger partial charge in [-0.25, -0.2) is 19.9 Å². The van der Waals surface area contributed by atoms with Crippen LogP contribution in [0.5, 0.6) is 0 Å². The molecule has 6 aromatic carbocycles. The van der Waals surface area contributed by atoms with Crippen LogP contribution in [0.3, 0.4) is 0 Å². The molecule has 16 rings (SSSR count). The van der Waals surface area contributed by atoms with E-state index in [-0.39, 0.29) is 104 Å². The average Bonchev–Trinajstić information content (AvgIpc) is 1.59. The van der Waals surface area contributed by atoms with Gasteiger partial charge in [-0.2, -0.15) is 0 Å². The molecule has 6 aromatic heterocycles. The van der Waals surface area contributed by atoms with E-state index in [4.69, 9.17) is 39.9 Å². The van der Waals surface area contributed by atoms with Crippen LogP contribution in [0, 0.1) is 0 Å². The smallest absolute Gasteiger partial charge is 0.657 e. The first-order valence-electron chi connectivity index (χ1n) is 48.0. The molecule has 0 N–H and O–H groups in total. The van der Waals surface area contributed by atoms with E-state index in [2.05, 4.69) is 456 Å². The monoisotopic (exact) mass is 1870 g/mol. The maximum absolute atomic E-state index is 6.21. The van der Waals surface area contributed by atoms with Crippen molar-refractivity contribution in [2.75, 3.05) is 0 Å². The molecule has 16 bridgehead atoms. The van der Waals surface area contributed by atoms with E-state index in [1.165, 1.54) is 66.8 Å². The summed E-state index contributed by atoms with van der Waals surface area (Å²) in [6.45, 7) is 83.5. The Morgan fingerprint density at radius 1 is 0.142 bits per heavy atom. The second-order valence-corrected chi connectivity index (χ2v) is 50.5. The molecule has 0 fully saturated rings. The van der Waals surface area contributed by atoms with Crippen LogP contribution < -0.4 is 19.9 Å². The van der Waals surface area contributed by atoms with Gasteiger partial charge in [0, 0.05) is 0 Å². The van der Waals surface area contributed by atoms with Crippen LogP contribution in [0.15, 0.2) is 158 Å². The quantitative estimate of drug-likeness (QED) is 0.145. The van der Waals surface area contributed by atoms with Gasteiger partial charge in [-0.05, 0) is 258 Å². The first-order valence-corrected chi connectivity index (χ1v) is 48.0. The Hall–Kier alpha value is -10.2. The van der Waals surface area contributed by atoms with Gasteiger partial charge in [0.1, 0.15) is 0 Å². The van der Waals surface area contributed by atoms with Gasteiger partial charge in [-0.1, -0.05) is 407 Å². The third-order valence-electron chi connectivity index (χ3n) is 27.2. The maximum Gasteiger partial charge on any atom is 2.00 e. The summed E-state index contributed by atoms with van der Waals surface area (Å²) in [5.41, 5.74) is 37.7. The van der Waals surface area contributed by atoms with Crippen molar-refractivity contribution in [2.45, 2.75) is 314 Å². The standard InChI is InChI=1S/C124H142N8.2Zn/c1-113(2,3)77-53-71(54-78(65-77)114(4,5)6)105-89-37-41-93(125-89)107(73-57-81(117(13,14)15)67-82(58-73)118(16,17)18)97-45-49-101(129-97)111(102-50-46-98(130-102)108(94-42-38-90(105)126-94)74-59-83(119(19,20)21)68-84(60-74)120(22,23)24)112-103-51-47-99(131-103)109(75-61-85(121(25,26)27)69-86(62-75)122(28,29)30)95-43-39-91(127-95)106(72-55-79(115(7,8)9)66-80(56-72)116(10,11)12)92-40-44-96(128-92)110(100-48-52-104(112)132-100)76-63-87(123(31,32)33)70-88(64-76)124(34,35)36;;/h37-70H,1-36H3;;/q-4;2*+2. The predicted molar refractivity (Wildman–Crippen MR) is 570 cm³/mol. The summed E-state index contributed by atoms with van der Waals surface area (Å²) in [7, 11) is 0. The first-order chi connectivity index (χ1) is 60.9. The zero-order valence-electron chi connectivity index (χ0n) is 87.6. The molecule has 10 heterocycles. The second kappa shape index (κ2) is 34.5. The Balaban J connectivity index is 0.00000720. The molecule has 0 atom stereocenters. The van der Waals surface area contributed by atoms with Crippen LogP contribution in [-0.4, -0.2) is 19.9 Å². The molecular weight excluding hydrogens is 1730 g/mol. The molecule has 682 valence electrons. The molecule has 8 nitrogen and oxygen atoms in total. The molecule has 4 aliphatic rings. The molecule has 0 amide bonds. The Bertz CT molecular complexity index is 6440. The van der Waals surface area contributed by atoms with Crippen LogP contribution >= 0.6 is 0 Å². The summed E-state index contributed by atoms with van der Waals surface area (Å²) in [6, 6.07) is 61.0. The van der Waals surface area contributed by atoms with Crippen molar-refractivity contribution in [1.29, 1.82) is 0 Å². The normalized spacial score (nSPS) is 13.7. The van der Waals surface area contributed by atoms with E-state index in [0.29, 0.717) is 22.4 Å². The van der Waals surface area contributed by atoms with Crippen LogP contribution in [0.1, 0.15) is 362 Å². The van der Waals surface area contributed by atoms with Crippen molar-refractivity contribution in [3.8, 4) is 77.9 Å². The van der Waals surface area contributed by atoms with E-state index < -0.39 is 0 Å². The third kappa shape index (κ3) is 20.0. The van der Waals surface area contributed by atoms with Crippen molar-refractivity contribution in [3.63, 3.8) is 0 Å². The van der Waals surface area contributed by atoms with Gasteiger partial charge in [-0.15, -0.1) is 44.1 Å². The molecule has 0 saturated heterocycles. The van der Waals surface area contributed by atoms with Crippen molar-refractivity contribution in [1.82, 2.24) is 39.9 Å². The summed E-state index contributed by atoms with van der Waals surface area (Å²) in [6.07, 6.45) is 17.8. The fourth-order valence-electron chi connectivity index (χ4n) is 18.3. The molecule has 12 aromatic rings. The summed E-state index contributed by atoms with van der Waals surface area (Å²) < 4.78 is 0. The van der Waals surface area contributed by atoms with E-state index in [0.717, 1.165) is 145 Å². The number of aromatic nitrogens is 8. The predicted octanol–water partition coefficient (Wildman–Crippen LogP) is 33.4. The summed E-state index contributed by atoms with van der Waals surface area (Å²) in [5.74, 6) is 0. The number of benzene rings is 6. The Morgan fingerprint density at radius 2 is 0.239 bits per heavy atom. The minimum atomic E-state index is -0.227. The molecule has 0 spiro atoms. The summed E-state index contributed by atoms with van der Waals surface area (Å²) in [4.78, 5) is 49.0. The van der Waals surface area contributed by atoms with Gasteiger partial charge in [0.15, 0.2) is 0 Å². The molecular formula is C124H142N8Zn2. The molecule has 10 heteroatoms. The molecule has 0 aliphatic carbocycles. The van der Waals surface area contributed by atoms with Crippen molar-refractivity contribution >= 4 is 92.7 Å². The number of fused-ring (bicyclic) bond motifs is 16. The van der Waals surface area contributed by atoms with Crippen molar-refractivity contribution in [2.24, 2.45) is 0 Å². The minimum Gasteiger partial charge on any atom is -0.657 e. The number of rotatable bonds is 7. The van der Waals surface area contributed by atoms with E-state index in [1.54, 1.807) is 0 Å². The molecule has 134 heavy (non-hydrogen) atoms. The van der Waals surface area contributed by atoms with E-state index in [1.807, 2.05) is 0 Å². The van der Waals surface area contributed by atoms with Crippen LogP contribution in [-0.2, 0) is 104 Å². The van der Waals surface area contributed by atoms with Crippen LogP contribution in [0.25, 0.3) is 171 Å². The molecule has 0 radical (unpaired) electrons. The largest absolute Gasteiger partial charge is 2.00 e.